The number of rotatable bonds is 5. The van der Waals surface area contributed by atoms with Crippen LogP contribution >= 0.6 is 0 Å². The number of aromatic amines is 1. The minimum absolute atomic E-state index is 0.533. The second-order valence-corrected chi connectivity index (χ2v) is 7.80. The van der Waals surface area contributed by atoms with Crippen LogP contribution in [0.4, 0.5) is 0 Å². The maximum absolute atomic E-state index is 6.25. The number of tetrazole rings is 1. The molecule has 0 fully saturated rings. The van der Waals surface area contributed by atoms with Gasteiger partial charge in [-0.05, 0) is 89.9 Å². The lowest BCUT2D eigenvalue weighted by molar-refractivity contribution is 0.303. The highest BCUT2D eigenvalue weighted by Crippen LogP contribution is 2.34. The summed E-state index contributed by atoms with van der Waals surface area (Å²) in [7, 11) is 0. The zero-order valence-electron chi connectivity index (χ0n) is 17.1. The van der Waals surface area contributed by atoms with Gasteiger partial charge in [0.2, 0.25) is 5.82 Å². The van der Waals surface area contributed by atoms with Crippen LogP contribution in [0.5, 0.6) is 5.75 Å². The molecule has 0 atom stereocenters. The van der Waals surface area contributed by atoms with Crippen molar-refractivity contribution in [3.05, 3.63) is 76.6 Å². The fourth-order valence-electron chi connectivity index (χ4n) is 4.19. The molecule has 0 spiro atoms. The Labute approximate surface area is 175 Å². The predicted octanol–water partition coefficient (Wildman–Crippen LogP) is 4.61. The fourth-order valence-corrected chi connectivity index (χ4v) is 4.19. The Hall–Kier alpha value is -3.54. The Morgan fingerprint density at radius 1 is 0.967 bits per heavy atom. The standard InChI is InChI=1S/C24H23N5O/c1-15-16(2)23(11-19-7-4-8-22(15)19)30-14-17-5-3-6-18(9-17)20-10-21(13-25-12-20)24-26-28-29-27-24/h3,5-6,9-13H,4,7-8,14H2,1-2H3,(H,26,27,28,29). The van der Waals surface area contributed by atoms with E-state index in [4.69, 9.17) is 4.74 Å². The molecule has 30 heavy (non-hydrogen) atoms. The summed E-state index contributed by atoms with van der Waals surface area (Å²) in [5.41, 5.74) is 9.64. The molecule has 0 bridgehead atoms. The van der Waals surface area contributed by atoms with Gasteiger partial charge in [-0.25, -0.2) is 0 Å². The summed E-state index contributed by atoms with van der Waals surface area (Å²) in [6, 6.07) is 12.6. The molecule has 6 heteroatoms. The lowest BCUT2D eigenvalue weighted by Gasteiger charge is -2.15. The molecule has 2 aromatic carbocycles. The van der Waals surface area contributed by atoms with E-state index in [1.54, 1.807) is 6.20 Å². The van der Waals surface area contributed by atoms with Gasteiger partial charge in [-0.3, -0.25) is 4.98 Å². The Kier molecular flexibility index (Phi) is 4.75. The third-order valence-corrected chi connectivity index (χ3v) is 5.95. The normalized spacial score (nSPS) is 12.7. The Morgan fingerprint density at radius 3 is 2.73 bits per heavy atom. The van der Waals surface area contributed by atoms with Crippen molar-refractivity contribution in [1.82, 2.24) is 25.6 Å². The highest BCUT2D eigenvalue weighted by Gasteiger charge is 2.17. The van der Waals surface area contributed by atoms with E-state index < -0.39 is 0 Å². The summed E-state index contributed by atoms with van der Waals surface area (Å²) < 4.78 is 6.25. The molecule has 4 aromatic rings. The molecular formula is C24H23N5O. The van der Waals surface area contributed by atoms with Crippen molar-refractivity contribution in [1.29, 1.82) is 0 Å². The zero-order valence-corrected chi connectivity index (χ0v) is 17.1. The maximum atomic E-state index is 6.25. The minimum Gasteiger partial charge on any atom is -0.489 e. The quantitative estimate of drug-likeness (QED) is 0.532. The van der Waals surface area contributed by atoms with Crippen molar-refractivity contribution < 1.29 is 4.74 Å². The molecule has 6 nitrogen and oxygen atoms in total. The van der Waals surface area contributed by atoms with Crippen LogP contribution in [0.25, 0.3) is 22.5 Å². The van der Waals surface area contributed by atoms with Crippen LogP contribution in [0.15, 0.2) is 48.8 Å². The Morgan fingerprint density at radius 2 is 1.87 bits per heavy atom. The van der Waals surface area contributed by atoms with Gasteiger partial charge in [-0.1, -0.05) is 18.2 Å². The molecule has 1 N–H and O–H groups in total. The monoisotopic (exact) mass is 397 g/mol. The summed E-state index contributed by atoms with van der Waals surface area (Å²) >= 11 is 0. The molecule has 2 aromatic heterocycles. The van der Waals surface area contributed by atoms with Crippen LogP contribution in [0.1, 0.15) is 34.2 Å². The third kappa shape index (κ3) is 3.45. The number of hydrogen-bond donors (Lipinski definition) is 1. The number of nitrogens with one attached hydrogen (secondary N) is 1. The number of nitrogens with zero attached hydrogens (tertiary/aromatic N) is 4. The summed E-state index contributed by atoms with van der Waals surface area (Å²) in [6.45, 7) is 4.91. The Balaban J connectivity index is 1.38. The second kappa shape index (κ2) is 7.71. The molecule has 0 radical (unpaired) electrons. The van der Waals surface area contributed by atoms with E-state index >= 15 is 0 Å². The lowest BCUT2D eigenvalue weighted by atomic mass is 9.98. The number of hydrogen-bond acceptors (Lipinski definition) is 5. The molecule has 1 aliphatic rings. The maximum Gasteiger partial charge on any atom is 0.206 e. The van der Waals surface area contributed by atoms with E-state index in [1.165, 1.54) is 35.1 Å². The van der Waals surface area contributed by atoms with E-state index in [2.05, 4.69) is 69.8 Å². The fraction of sp³-hybridized carbons (Fsp3) is 0.250. The van der Waals surface area contributed by atoms with Gasteiger partial charge in [-0.15, -0.1) is 10.2 Å². The summed E-state index contributed by atoms with van der Waals surface area (Å²) in [4.78, 5) is 4.34. The van der Waals surface area contributed by atoms with E-state index in [-0.39, 0.29) is 0 Å². The van der Waals surface area contributed by atoms with Crippen molar-refractivity contribution in [3.63, 3.8) is 0 Å². The molecule has 2 heterocycles. The lowest BCUT2D eigenvalue weighted by Crippen LogP contribution is -2.01. The van der Waals surface area contributed by atoms with Gasteiger partial charge in [0.1, 0.15) is 12.4 Å². The van der Waals surface area contributed by atoms with Crippen molar-refractivity contribution in [2.45, 2.75) is 39.7 Å². The van der Waals surface area contributed by atoms with Crippen LogP contribution in [0.3, 0.4) is 0 Å². The van der Waals surface area contributed by atoms with Crippen molar-refractivity contribution in [2.24, 2.45) is 0 Å². The molecule has 0 saturated heterocycles. The molecule has 1 aliphatic carbocycles. The summed E-state index contributed by atoms with van der Waals surface area (Å²) in [5.74, 6) is 1.53. The zero-order chi connectivity index (χ0) is 20.5. The van der Waals surface area contributed by atoms with Crippen LogP contribution < -0.4 is 4.74 Å². The highest BCUT2D eigenvalue weighted by atomic mass is 16.5. The van der Waals surface area contributed by atoms with Crippen LogP contribution in [-0.4, -0.2) is 25.6 Å². The number of aryl methyl sites for hydroxylation is 1. The number of pyridine rings is 1. The number of benzene rings is 2. The molecular weight excluding hydrogens is 374 g/mol. The third-order valence-electron chi connectivity index (χ3n) is 5.95. The van der Waals surface area contributed by atoms with Crippen molar-refractivity contribution in [3.8, 4) is 28.3 Å². The number of H-pyrrole nitrogens is 1. The first-order valence-corrected chi connectivity index (χ1v) is 10.2. The largest absolute Gasteiger partial charge is 0.489 e. The molecule has 0 unspecified atom stereocenters. The van der Waals surface area contributed by atoms with Crippen molar-refractivity contribution >= 4 is 0 Å². The van der Waals surface area contributed by atoms with Gasteiger partial charge >= 0.3 is 0 Å². The van der Waals surface area contributed by atoms with Gasteiger partial charge in [-0.2, -0.15) is 5.21 Å². The summed E-state index contributed by atoms with van der Waals surface area (Å²) in [6.07, 6.45) is 7.18. The van der Waals surface area contributed by atoms with Crippen LogP contribution in [0.2, 0.25) is 0 Å². The molecule has 0 aliphatic heterocycles. The highest BCUT2D eigenvalue weighted by molar-refractivity contribution is 5.69. The van der Waals surface area contributed by atoms with Gasteiger partial charge in [0, 0.05) is 23.5 Å². The van der Waals surface area contributed by atoms with E-state index in [1.807, 2.05) is 12.3 Å². The second-order valence-electron chi connectivity index (χ2n) is 7.80. The number of ether oxygens (including phenoxy) is 1. The average molecular weight is 397 g/mol. The average Bonchev–Trinajstić information content (AvgIpc) is 3.48. The molecule has 0 amide bonds. The minimum atomic E-state index is 0.533. The smallest absolute Gasteiger partial charge is 0.206 e. The van der Waals surface area contributed by atoms with Gasteiger partial charge in [0.05, 0.1) is 0 Å². The number of fused-ring (bicyclic) bond motifs is 1. The van der Waals surface area contributed by atoms with E-state index in [0.29, 0.717) is 12.4 Å². The first-order chi connectivity index (χ1) is 14.7. The number of aromatic nitrogens is 5. The first-order valence-electron chi connectivity index (χ1n) is 10.2. The predicted molar refractivity (Wildman–Crippen MR) is 115 cm³/mol. The first kappa shape index (κ1) is 18.5. The topological polar surface area (TPSA) is 76.6 Å². The van der Waals surface area contributed by atoms with Gasteiger partial charge in [0.25, 0.3) is 0 Å². The van der Waals surface area contributed by atoms with Gasteiger partial charge in [0.15, 0.2) is 0 Å². The molecule has 5 rings (SSSR count). The van der Waals surface area contributed by atoms with Gasteiger partial charge < -0.3 is 4.74 Å². The van der Waals surface area contributed by atoms with Crippen LogP contribution in [0, 0.1) is 13.8 Å². The van der Waals surface area contributed by atoms with E-state index in [0.717, 1.165) is 34.4 Å². The van der Waals surface area contributed by atoms with E-state index in [9.17, 15) is 0 Å². The summed E-state index contributed by atoms with van der Waals surface area (Å²) in [5, 5.41) is 14.2. The Bertz CT molecular complexity index is 1200. The SMILES string of the molecule is Cc1c(OCc2cccc(-c3cncc(-c4nn[nH]n4)c3)c2)cc2c(c1C)CCC2. The van der Waals surface area contributed by atoms with Crippen LogP contribution in [-0.2, 0) is 19.4 Å². The molecule has 0 saturated carbocycles. The van der Waals surface area contributed by atoms with Crippen molar-refractivity contribution in [2.75, 3.05) is 0 Å². The molecule has 150 valence electrons.